The molecule has 1 unspecified atom stereocenters. The highest BCUT2D eigenvalue weighted by molar-refractivity contribution is 8.05. The number of amides is 1. The Morgan fingerprint density at radius 2 is 1.79 bits per heavy atom. The normalized spacial score (nSPS) is 24.4. The smallest absolute Gasteiger partial charge is 0.332 e. The van der Waals surface area contributed by atoms with Crippen LogP contribution in [0.4, 0.5) is 4.39 Å². The van der Waals surface area contributed by atoms with Crippen molar-refractivity contribution in [3.8, 4) is 0 Å². The van der Waals surface area contributed by atoms with Crippen LogP contribution in [0.3, 0.4) is 0 Å². The van der Waals surface area contributed by atoms with Crippen LogP contribution >= 0.6 is 35.0 Å². The molecule has 0 saturated carbocycles. The summed E-state index contributed by atoms with van der Waals surface area (Å²) in [5, 5.41) is 4.10. The van der Waals surface area contributed by atoms with Crippen LogP contribution in [-0.2, 0) is 9.63 Å². The Hall–Kier alpha value is -2.22. The van der Waals surface area contributed by atoms with Crippen molar-refractivity contribution in [3.63, 3.8) is 0 Å². The Kier molecular flexibility index (Phi) is 4.49. The van der Waals surface area contributed by atoms with E-state index in [1.165, 1.54) is 23.9 Å². The van der Waals surface area contributed by atoms with Gasteiger partial charge in [0.05, 0.1) is 20.5 Å². The summed E-state index contributed by atoms with van der Waals surface area (Å²) in [4.78, 5) is 23.0. The Morgan fingerprint density at radius 1 is 1.10 bits per heavy atom. The molecule has 0 radical (unpaired) electrons. The highest BCUT2D eigenvalue weighted by atomic mass is 35.5. The van der Waals surface area contributed by atoms with Gasteiger partial charge in [0.15, 0.2) is 5.84 Å². The van der Waals surface area contributed by atoms with Crippen LogP contribution in [0.25, 0.3) is 6.08 Å². The molecule has 29 heavy (non-hydrogen) atoms. The minimum Gasteiger partial charge on any atom is -0.332 e. The van der Waals surface area contributed by atoms with Crippen LogP contribution in [0.5, 0.6) is 0 Å². The summed E-state index contributed by atoms with van der Waals surface area (Å²) >= 11 is 14.0. The summed E-state index contributed by atoms with van der Waals surface area (Å²) < 4.78 is 13.2. The summed E-state index contributed by atoms with van der Waals surface area (Å²) in [6.07, 6.45) is 2.49. The van der Waals surface area contributed by atoms with Gasteiger partial charge in [0, 0.05) is 13.1 Å². The molecule has 2 aromatic carbocycles. The zero-order valence-electron chi connectivity index (χ0n) is 14.9. The van der Waals surface area contributed by atoms with Crippen LogP contribution in [-0.4, -0.2) is 39.8 Å². The van der Waals surface area contributed by atoms with Crippen LogP contribution < -0.4 is 0 Å². The molecule has 148 valence electrons. The summed E-state index contributed by atoms with van der Waals surface area (Å²) in [5.41, 5.74) is 1.32. The van der Waals surface area contributed by atoms with Crippen molar-refractivity contribution in [3.05, 3.63) is 74.4 Å². The van der Waals surface area contributed by atoms with E-state index in [0.29, 0.717) is 39.4 Å². The molecule has 5 rings (SSSR count). The van der Waals surface area contributed by atoms with Crippen molar-refractivity contribution in [1.82, 2.24) is 9.80 Å². The van der Waals surface area contributed by atoms with Crippen molar-refractivity contribution in [1.29, 1.82) is 0 Å². The molecule has 5 nitrogen and oxygen atoms in total. The van der Waals surface area contributed by atoms with Gasteiger partial charge < -0.3 is 4.84 Å². The topological polar surface area (TPSA) is 45.1 Å². The first kappa shape index (κ1) is 18.8. The van der Waals surface area contributed by atoms with Crippen LogP contribution in [0.15, 0.2) is 52.5 Å². The van der Waals surface area contributed by atoms with Crippen LogP contribution in [0.1, 0.15) is 17.5 Å². The van der Waals surface area contributed by atoms with Crippen molar-refractivity contribution in [2.24, 2.45) is 5.16 Å². The van der Waals surface area contributed by atoms with Crippen molar-refractivity contribution < 1.29 is 14.0 Å². The maximum absolute atomic E-state index is 13.2. The number of amidine groups is 1. The van der Waals surface area contributed by atoms with Crippen LogP contribution in [0.2, 0.25) is 10.0 Å². The lowest BCUT2D eigenvalue weighted by molar-refractivity contribution is -0.167. The Morgan fingerprint density at radius 3 is 2.52 bits per heavy atom. The standard InChI is InChI=1S/C20H14Cl2FN3O2S/c21-14-3-1-4-15(22)17(14)18-24-28-20-25(18)9-2-10-26(20)19(27)16(29-20)11-12-5-7-13(23)8-6-12/h1,3-8,11H,2,9-10H2/b16-11-. The fraction of sp³-hybridized carbons (Fsp3) is 0.200. The minimum atomic E-state index is -1.10. The highest BCUT2D eigenvalue weighted by Crippen LogP contribution is 2.52. The molecular formula is C20H14Cl2FN3O2S. The quantitative estimate of drug-likeness (QED) is 0.620. The van der Waals surface area contributed by atoms with Gasteiger partial charge in [-0.05, 0) is 54.1 Å². The van der Waals surface area contributed by atoms with Gasteiger partial charge in [-0.2, -0.15) is 0 Å². The fourth-order valence-electron chi connectivity index (χ4n) is 3.68. The third-order valence-electron chi connectivity index (χ3n) is 5.01. The van der Waals surface area contributed by atoms with Crippen molar-refractivity contribution in [2.45, 2.75) is 11.6 Å². The lowest BCUT2D eigenvalue weighted by atomic mass is 10.1. The van der Waals surface area contributed by atoms with E-state index < -0.39 is 5.18 Å². The van der Waals surface area contributed by atoms with Crippen LogP contribution in [0, 0.1) is 5.82 Å². The number of carbonyl (C=O) groups excluding carboxylic acids is 1. The largest absolute Gasteiger partial charge is 0.348 e. The van der Waals surface area contributed by atoms with Gasteiger partial charge in [-0.25, -0.2) is 4.39 Å². The molecule has 9 heteroatoms. The first-order valence-electron chi connectivity index (χ1n) is 8.96. The Labute approximate surface area is 180 Å². The highest BCUT2D eigenvalue weighted by Gasteiger charge is 2.62. The molecule has 3 aliphatic rings. The molecule has 2 saturated heterocycles. The number of nitrogens with zero attached hydrogens (tertiary/aromatic N) is 3. The summed E-state index contributed by atoms with van der Waals surface area (Å²) in [6.45, 7) is 1.18. The van der Waals surface area contributed by atoms with E-state index in [-0.39, 0.29) is 11.7 Å². The van der Waals surface area contributed by atoms with Crippen molar-refractivity contribution in [2.75, 3.05) is 13.1 Å². The predicted molar refractivity (Wildman–Crippen MR) is 112 cm³/mol. The third kappa shape index (κ3) is 2.91. The molecule has 0 bridgehead atoms. The van der Waals surface area contributed by atoms with Crippen molar-refractivity contribution >= 4 is 52.8 Å². The lowest BCUT2D eigenvalue weighted by Crippen LogP contribution is -2.60. The second-order valence-corrected chi connectivity index (χ2v) is 8.77. The first-order valence-corrected chi connectivity index (χ1v) is 10.5. The van der Waals surface area contributed by atoms with Gasteiger partial charge in [-0.3, -0.25) is 14.6 Å². The maximum Gasteiger partial charge on any atom is 0.348 e. The van der Waals surface area contributed by atoms with Gasteiger partial charge in [-0.15, -0.1) is 0 Å². The van der Waals surface area contributed by atoms with E-state index in [4.69, 9.17) is 28.0 Å². The minimum absolute atomic E-state index is 0.147. The number of hydrogen-bond donors (Lipinski definition) is 0. The third-order valence-corrected chi connectivity index (χ3v) is 6.93. The second kappa shape index (κ2) is 6.93. The van der Waals surface area contributed by atoms with E-state index in [1.54, 1.807) is 41.3 Å². The lowest BCUT2D eigenvalue weighted by Gasteiger charge is -2.42. The van der Waals surface area contributed by atoms with Gasteiger partial charge in [0.1, 0.15) is 5.82 Å². The first-order chi connectivity index (χ1) is 14.0. The van der Waals surface area contributed by atoms with Gasteiger partial charge >= 0.3 is 5.18 Å². The Balaban J connectivity index is 1.53. The summed E-state index contributed by atoms with van der Waals surface area (Å²) in [5.74, 6) is 0.0351. The molecule has 1 spiro atoms. The number of hydrogen-bond acceptors (Lipinski definition) is 5. The van der Waals surface area contributed by atoms with E-state index in [1.807, 2.05) is 4.90 Å². The zero-order chi connectivity index (χ0) is 20.2. The number of oxime groups is 1. The zero-order valence-corrected chi connectivity index (χ0v) is 17.3. The SMILES string of the molecule is O=C1/C(=C/c2ccc(F)cc2)SC23ON=C(c4c(Cl)cccc4Cl)N2CCCN13. The molecule has 0 aliphatic carbocycles. The molecule has 3 aliphatic heterocycles. The van der Waals surface area contributed by atoms with E-state index in [2.05, 4.69) is 5.16 Å². The fourth-order valence-corrected chi connectivity index (χ4v) is 5.57. The molecule has 3 heterocycles. The number of benzene rings is 2. The molecule has 2 fully saturated rings. The monoisotopic (exact) mass is 449 g/mol. The average Bonchev–Trinajstić information content (AvgIpc) is 3.20. The van der Waals surface area contributed by atoms with Gasteiger partial charge in [0.2, 0.25) is 0 Å². The predicted octanol–water partition coefficient (Wildman–Crippen LogP) is 4.76. The van der Waals surface area contributed by atoms with E-state index in [0.717, 1.165) is 12.0 Å². The molecule has 0 N–H and O–H groups in total. The summed E-state index contributed by atoms with van der Waals surface area (Å²) in [6, 6.07) is 11.2. The number of halogens is 3. The molecule has 1 amide bonds. The molecule has 0 aromatic heterocycles. The maximum atomic E-state index is 13.2. The van der Waals surface area contributed by atoms with E-state index >= 15 is 0 Å². The molecular weight excluding hydrogens is 436 g/mol. The van der Waals surface area contributed by atoms with E-state index in [9.17, 15) is 9.18 Å². The number of rotatable bonds is 2. The molecule has 1 atom stereocenters. The Bertz CT molecular complexity index is 1060. The summed E-state index contributed by atoms with van der Waals surface area (Å²) in [7, 11) is 0. The average molecular weight is 450 g/mol. The number of carbonyl (C=O) groups is 1. The molecule has 2 aromatic rings. The van der Waals surface area contributed by atoms with Gasteiger partial charge in [0.25, 0.3) is 5.91 Å². The number of thioether (sulfide) groups is 1. The van der Waals surface area contributed by atoms with Gasteiger partial charge in [-0.1, -0.05) is 46.6 Å². The second-order valence-electron chi connectivity index (χ2n) is 6.78.